The summed E-state index contributed by atoms with van der Waals surface area (Å²) in [6.45, 7) is 0. The first-order chi connectivity index (χ1) is 14.9. The molecule has 0 saturated heterocycles. The first-order valence-corrected chi connectivity index (χ1v) is 9.85. The first-order valence-electron chi connectivity index (χ1n) is 9.85. The van der Waals surface area contributed by atoms with Gasteiger partial charge in [-0.3, -0.25) is 0 Å². The Bertz CT molecular complexity index is 1510. The van der Waals surface area contributed by atoms with Crippen LogP contribution in [0.25, 0.3) is 38.3 Å². The number of benzene rings is 3. The van der Waals surface area contributed by atoms with Crippen LogP contribution in [0.1, 0.15) is 0 Å². The molecule has 0 amide bonds. The van der Waals surface area contributed by atoms with Crippen LogP contribution in [0, 0.1) is 0 Å². The number of fused-ring (bicyclic) bond motifs is 6. The van der Waals surface area contributed by atoms with Crippen molar-refractivity contribution in [1.82, 2.24) is 14.6 Å². The van der Waals surface area contributed by atoms with Gasteiger partial charge in [0.25, 0.3) is 0 Å². The van der Waals surface area contributed by atoms with Crippen molar-refractivity contribution < 1.29 is 4.74 Å². The summed E-state index contributed by atoms with van der Waals surface area (Å²) in [5, 5.41) is 8.28. The molecule has 0 aliphatic heterocycles. The molecule has 6 rings (SSSR count). The van der Waals surface area contributed by atoms with E-state index in [1.807, 2.05) is 47.1 Å². The van der Waals surface area contributed by atoms with Crippen molar-refractivity contribution >= 4 is 27.2 Å². The topological polar surface area (TPSA) is 39.4 Å². The molecule has 0 saturated carbocycles. The average Bonchev–Trinajstić information content (AvgIpc) is 3.26. The maximum atomic E-state index is 5.99. The fourth-order valence-corrected chi connectivity index (χ4v) is 4.05. The zero-order valence-electron chi connectivity index (χ0n) is 16.1. The number of rotatable bonds is 3. The molecule has 0 unspecified atom stereocenters. The SMILES string of the molecule is c1ccc(-c2cnn3c4cc(Oc5ccccn5)ccc4c4ccccc4c23)cc1. The van der Waals surface area contributed by atoms with E-state index < -0.39 is 0 Å². The summed E-state index contributed by atoms with van der Waals surface area (Å²) in [5.41, 5.74) is 4.36. The minimum Gasteiger partial charge on any atom is -0.439 e. The average molecular weight is 387 g/mol. The molecule has 6 aromatic rings. The van der Waals surface area contributed by atoms with Crippen LogP contribution in [0.2, 0.25) is 0 Å². The number of hydrogen-bond donors (Lipinski definition) is 0. The van der Waals surface area contributed by atoms with Crippen LogP contribution >= 0.6 is 0 Å². The fraction of sp³-hybridized carbons (Fsp3) is 0. The summed E-state index contributed by atoms with van der Waals surface area (Å²) in [5.74, 6) is 1.30. The van der Waals surface area contributed by atoms with Gasteiger partial charge >= 0.3 is 0 Å². The molecule has 0 aliphatic carbocycles. The Kier molecular flexibility index (Phi) is 3.74. The molecule has 0 spiro atoms. The highest BCUT2D eigenvalue weighted by Crippen LogP contribution is 2.36. The molecule has 0 N–H and O–H groups in total. The van der Waals surface area contributed by atoms with Gasteiger partial charge in [-0.2, -0.15) is 5.10 Å². The number of nitrogens with zero attached hydrogens (tertiary/aromatic N) is 3. The van der Waals surface area contributed by atoms with E-state index in [-0.39, 0.29) is 0 Å². The van der Waals surface area contributed by atoms with E-state index >= 15 is 0 Å². The van der Waals surface area contributed by atoms with E-state index in [1.54, 1.807) is 6.20 Å². The summed E-state index contributed by atoms with van der Waals surface area (Å²) >= 11 is 0. The van der Waals surface area contributed by atoms with E-state index in [1.165, 1.54) is 10.8 Å². The summed E-state index contributed by atoms with van der Waals surface area (Å²) in [4.78, 5) is 4.27. The normalized spacial score (nSPS) is 11.3. The molecule has 30 heavy (non-hydrogen) atoms. The van der Waals surface area contributed by atoms with Crippen LogP contribution in [0.15, 0.2) is 103 Å². The van der Waals surface area contributed by atoms with Gasteiger partial charge in [-0.25, -0.2) is 9.50 Å². The summed E-state index contributed by atoms with van der Waals surface area (Å²) < 4.78 is 8.01. The third kappa shape index (κ3) is 2.62. The molecule has 0 atom stereocenters. The Morgan fingerprint density at radius 2 is 1.50 bits per heavy atom. The van der Waals surface area contributed by atoms with Crippen LogP contribution < -0.4 is 4.74 Å². The van der Waals surface area contributed by atoms with Crippen molar-refractivity contribution in [2.75, 3.05) is 0 Å². The van der Waals surface area contributed by atoms with Crippen molar-refractivity contribution in [3.63, 3.8) is 0 Å². The fourth-order valence-electron chi connectivity index (χ4n) is 4.05. The number of aromatic nitrogens is 3. The second-order valence-corrected chi connectivity index (χ2v) is 7.18. The number of pyridine rings is 2. The Hall–Kier alpha value is -4.18. The lowest BCUT2D eigenvalue weighted by Gasteiger charge is -2.11. The van der Waals surface area contributed by atoms with Crippen LogP contribution in [-0.4, -0.2) is 14.6 Å². The molecule has 4 heteroatoms. The molecule has 3 aromatic carbocycles. The highest BCUT2D eigenvalue weighted by Gasteiger charge is 2.15. The molecular weight excluding hydrogens is 370 g/mol. The van der Waals surface area contributed by atoms with E-state index in [9.17, 15) is 0 Å². The third-order valence-electron chi connectivity index (χ3n) is 5.38. The molecule has 0 bridgehead atoms. The van der Waals surface area contributed by atoms with Gasteiger partial charge in [0.2, 0.25) is 5.88 Å². The highest BCUT2D eigenvalue weighted by molar-refractivity contribution is 6.15. The Balaban J connectivity index is 1.66. The van der Waals surface area contributed by atoms with Crippen molar-refractivity contribution in [2.24, 2.45) is 0 Å². The maximum Gasteiger partial charge on any atom is 0.219 e. The standard InChI is InChI=1S/C26H17N3O/c1-2-8-18(9-3-1)23-17-28-29-24-16-19(30-25-12-6-7-15-27-25)13-14-21(24)20-10-4-5-11-22(20)26(23)29/h1-17H. The first kappa shape index (κ1) is 16.7. The van der Waals surface area contributed by atoms with Gasteiger partial charge in [0.1, 0.15) is 5.75 Å². The van der Waals surface area contributed by atoms with Gasteiger partial charge in [-0.1, -0.05) is 60.7 Å². The lowest BCUT2D eigenvalue weighted by molar-refractivity contribution is 0.463. The minimum atomic E-state index is 0.569. The zero-order chi connectivity index (χ0) is 19.9. The molecule has 0 radical (unpaired) electrons. The largest absolute Gasteiger partial charge is 0.439 e. The summed E-state index contributed by atoms with van der Waals surface area (Å²) in [7, 11) is 0. The zero-order valence-corrected chi connectivity index (χ0v) is 16.1. The summed E-state index contributed by atoms with van der Waals surface area (Å²) in [6.07, 6.45) is 3.67. The molecular formula is C26H17N3O. The summed E-state index contributed by atoms with van der Waals surface area (Å²) in [6, 6.07) is 30.6. The van der Waals surface area contributed by atoms with Crippen molar-refractivity contribution in [3.8, 4) is 22.8 Å². The Morgan fingerprint density at radius 3 is 2.33 bits per heavy atom. The van der Waals surface area contributed by atoms with Crippen LogP contribution in [0.5, 0.6) is 11.6 Å². The van der Waals surface area contributed by atoms with Crippen molar-refractivity contribution in [3.05, 3.63) is 103 Å². The van der Waals surface area contributed by atoms with E-state index in [0.717, 1.165) is 33.3 Å². The maximum absolute atomic E-state index is 5.99. The second-order valence-electron chi connectivity index (χ2n) is 7.18. The predicted molar refractivity (Wildman–Crippen MR) is 120 cm³/mol. The Morgan fingerprint density at radius 1 is 0.700 bits per heavy atom. The van der Waals surface area contributed by atoms with Gasteiger partial charge in [-0.15, -0.1) is 0 Å². The smallest absolute Gasteiger partial charge is 0.219 e. The molecule has 3 heterocycles. The van der Waals surface area contributed by atoms with E-state index in [0.29, 0.717) is 5.88 Å². The van der Waals surface area contributed by atoms with Crippen molar-refractivity contribution in [1.29, 1.82) is 0 Å². The predicted octanol–water partition coefficient (Wildman–Crippen LogP) is 6.50. The molecule has 3 aromatic heterocycles. The molecule has 142 valence electrons. The minimum absolute atomic E-state index is 0.569. The van der Waals surface area contributed by atoms with E-state index in [2.05, 4.69) is 59.6 Å². The highest BCUT2D eigenvalue weighted by atomic mass is 16.5. The number of hydrogen-bond acceptors (Lipinski definition) is 3. The van der Waals surface area contributed by atoms with Crippen LogP contribution in [-0.2, 0) is 0 Å². The molecule has 0 fully saturated rings. The molecule has 0 aliphatic rings. The van der Waals surface area contributed by atoms with Gasteiger partial charge < -0.3 is 4.74 Å². The van der Waals surface area contributed by atoms with E-state index in [4.69, 9.17) is 9.84 Å². The van der Waals surface area contributed by atoms with Crippen molar-refractivity contribution in [2.45, 2.75) is 0 Å². The van der Waals surface area contributed by atoms with Gasteiger partial charge in [0.05, 0.1) is 17.2 Å². The van der Waals surface area contributed by atoms with Crippen LogP contribution in [0.3, 0.4) is 0 Å². The third-order valence-corrected chi connectivity index (χ3v) is 5.38. The molecule has 4 nitrogen and oxygen atoms in total. The quantitative estimate of drug-likeness (QED) is 0.326. The lowest BCUT2D eigenvalue weighted by atomic mass is 10.0. The lowest BCUT2D eigenvalue weighted by Crippen LogP contribution is -1.94. The van der Waals surface area contributed by atoms with Crippen LogP contribution in [0.4, 0.5) is 0 Å². The van der Waals surface area contributed by atoms with Gasteiger partial charge in [0, 0.05) is 34.7 Å². The van der Waals surface area contributed by atoms with Gasteiger partial charge in [0.15, 0.2) is 0 Å². The second kappa shape index (κ2) is 6.71. The monoisotopic (exact) mass is 387 g/mol. The number of ether oxygens (including phenoxy) is 1. The Labute approximate surface area is 173 Å². The van der Waals surface area contributed by atoms with Gasteiger partial charge in [-0.05, 0) is 29.1 Å².